The lowest BCUT2D eigenvalue weighted by Crippen LogP contribution is -2.19. The highest BCUT2D eigenvalue weighted by atomic mass is 16.5. The van der Waals surface area contributed by atoms with Crippen molar-refractivity contribution in [3.05, 3.63) is 65.2 Å². The molecule has 2 aromatic carbocycles. The van der Waals surface area contributed by atoms with Gasteiger partial charge in [0.1, 0.15) is 11.9 Å². The molecular formula is C17H21NO. The number of nitrogens with two attached hydrogens (primary N) is 1. The highest BCUT2D eigenvalue weighted by Gasteiger charge is 2.13. The molecule has 0 aliphatic carbocycles. The molecule has 1 atom stereocenters. The molecule has 19 heavy (non-hydrogen) atoms. The molecule has 0 aliphatic heterocycles. The fourth-order valence-electron chi connectivity index (χ4n) is 2.15. The Morgan fingerprint density at radius 2 is 1.74 bits per heavy atom. The summed E-state index contributed by atoms with van der Waals surface area (Å²) in [5, 5.41) is 0. The molecular weight excluding hydrogens is 234 g/mol. The van der Waals surface area contributed by atoms with Gasteiger partial charge in [-0.05, 0) is 42.2 Å². The van der Waals surface area contributed by atoms with Gasteiger partial charge in [0.15, 0.2) is 0 Å². The summed E-state index contributed by atoms with van der Waals surface area (Å²) in [7, 11) is 0. The van der Waals surface area contributed by atoms with E-state index in [4.69, 9.17) is 10.5 Å². The Labute approximate surface area is 115 Å². The number of rotatable bonds is 5. The lowest BCUT2D eigenvalue weighted by molar-refractivity contribution is 0.213. The molecule has 0 aromatic heterocycles. The number of hydrogen-bond acceptors (Lipinski definition) is 2. The predicted octanol–water partition coefficient (Wildman–Crippen LogP) is 3.64. The second kappa shape index (κ2) is 6.39. The van der Waals surface area contributed by atoms with Gasteiger partial charge in [-0.1, -0.05) is 43.3 Å². The van der Waals surface area contributed by atoms with Crippen LogP contribution >= 0.6 is 0 Å². The molecule has 2 N–H and O–H groups in total. The topological polar surface area (TPSA) is 35.2 Å². The van der Waals surface area contributed by atoms with Crippen molar-refractivity contribution in [1.29, 1.82) is 0 Å². The van der Waals surface area contributed by atoms with E-state index in [2.05, 4.69) is 38.1 Å². The molecule has 0 aliphatic rings. The molecule has 100 valence electrons. The second-order valence-electron chi connectivity index (χ2n) is 4.70. The average Bonchev–Trinajstić information content (AvgIpc) is 2.46. The van der Waals surface area contributed by atoms with Gasteiger partial charge in [-0.25, -0.2) is 0 Å². The van der Waals surface area contributed by atoms with Gasteiger partial charge in [0.2, 0.25) is 0 Å². The summed E-state index contributed by atoms with van der Waals surface area (Å²) in [6.45, 7) is 4.70. The Balaban J connectivity index is 2.17. The predicted molar refractivity (Wildman–Crippen MR) is 79.4 cm³/mol. The van der Waals surface area contributed by atoms with Crippen molar-refractivity contribution >= 4 is 0 Å². The summed E-state index contributed by atoms with van der Waals surface area (Å²) < 4.78 is 6.01. The first-order valence-electron chi connectivity index (χ1n) is 6.75. The maximum absolute atomic E-state index is 6.01. The number of benzene rings is 2. The Hall–Kier alpha value is -1.80. The van der Waals surface area contributed by atoms with E-state index in [1.807, 2.05) is 24.3 Å². The molecule has 2 aromatic rings. The molecule has 0 radical (unpaired) electrons. The summed E-state index contributed by atoms with van der Waals surface area (Å²) in [6.07, 6.45) is 0.951. The van der Waals surface area contributed by atoms with Crippen LogP contribution in [0.15, 0.2) is 48.5 Å². The van der Waals surface area contributed by atoms with Crippen LogP contribution in [0.25, 0.3) is 0 Å². The minimum atomic E-state index is -0.0892. The molecule has 2 nitrogen and oxygen atoms in total. The third kappa shape index (κ3) is 3.36. The van der Waals surface area contributed by atoms with Gasteiger partial charge >= 0.3 is 0 Å². The first-order chi connectivity index (χ1) is 9.24. The van der Waals surface area contributed by atoms with Crippen molar-refractivity contribution in [3.8, 4) is 5.75 Å². The number of aryl methyl sites for hydroxylation is 2. The number of hydrogen-bond donors (Lipinski definition) is 1. The normalized spacial score (nSPS) is 12.2. The Kier molecular flexibility index (Phi) is 4.58. The molecule has 0 spiro atoms. The van der Waals surface area contributed by atoms with E-state index in [0.29, 0.717) is 6.54 Å². The lowest BCUT2D eigenvalue weighted by atomic mass is 10.0. The van der Waals surface area contributed by atoms with E-state index >= 15 is 0 Å². The fraction of sp³-hybridized carbons (Fsp3) is 0.294. The van der Waals surface area contributed by atoms with E-state index < -0.39 is 0 Å². The van der Waals surface area contributed by atoms with Crippen molar-refractivity contribution in [2.45, 2.75) is 26.4 Å². The fourth-order valence-corrected chi connectivity index (χ4v) is 2.15. The molecule has 0 bridgehead atoms. The van der Waals surface area contributed by atoms with Crippen molar-refractivity contribution < 1.29 is 4.74 Å². The van der Waals surface area contributed by atoms with Gasteiger partial charge in [0.05, 0.1) is 0 Å². The van der Waals surface area contributed by atoms with E-state index in [1.165, 1.54) is 11.1 Å². The van der Waals surface area contributed by atoms with Crippen LogP contribution in [0, 0.1) is 6.92 Å². The molecule has 2 heteroatoms. The minimum Gasteiger partial charge on any atom is -0.484 e. The molecule has 2 rings (SSSR count). The van der Waals surface area contributed by atoms with E-state index in [1.54, 1.807) is 0 Å². The zero-order valence-corrected chi connectivity index (χ0v) is 11.6. The maximum atomic E-state index is 6.01. The van der Waals surface area contributed by atoms with E-state index in [9.17, 15) is 0 Å². The zero-order valence-electron chi connectivity index (χ0n) is 11.6. The highest BCUT2D eigenvalue weighted by Crippen LogP contribution is 2.24. The van der Waals surface area contributed by atoms with Crippen LogP contribution in [-0.2, 0) is 6.42 Å². The van der Waals surface area contributed by atoms with Gasteiger partial charge in [0, 0.05) is 6.54 Å². The average molecular weight is 255 g/mol. The van der Waals surface area contributed by atoms with Crippen LogP contribution in [0.1, 0.15) is 29.7 Å². The highest BCUT2D eigenvalue weighted by molar-refractivity contribution is 5.31. The smallest absolute Gasteiger partial charge is 0.136 e. The molecule has 1 unspecified atom stereocenters. The van der Waals surface area contributed by atoms with Crippen LogP contribution < -0.4 is 10.5 Å². The van der Waals surface area contributed by atoms with Crippen LogP contribution in [0.3, 0.4) is 0 Å². The third-order valence-corrected chi connectivity index (χ3v) is 3.36. The molecule has 0 saturated heterocycles. The number of ether oxygens (including phenoxy) is 1. The SMILES string of the molecule is CCc1ccc(OC(CN)c2ccccc2C)cc1. The summed E-state index contributed by atoms with van der Waals surface area (Å²) in [5.74, 6) is 0.871. The lowest BCUT2D eigenvalue weighted by Gasteiger charge is -2.19. The zero-order chi connectivity index (χ0) is 13.7. The quantitative estimate of drug-likeness (QED) is 0.885. The molecule has 0 amide bonds. The van der Waals surface area contributed by atoms with Crippen LogP contribution in [0.4, 0.5) is 0 Å². The largest absolute Gasteiger partial charge is 0.484 e. The van der Waals surface area contributed by atoms with Gasteiger partial charge in [0.25, 0.3) is 0 Å². The van der Waals surface area contributed by atoms with Crippen molar-refractivity contribution in [2.75, 3.05) is 6.54 Å². The van der Waals surface area contributed by atoms with Crippen LogP contribution in [0.5, 0.6) is 5.75 Å². The first kappa shape index (κ1) is 13.6. The Morgan fingerprint density at radius 3 is 2.32 bits per heavy atom. The van der Waals surface area contributed by atoms with Gasteiger partial charge in [-0.3, -0.25) is 0 Å². The molecule has 0 saturated carbocycles. The summed E-state index contributed by atoms with van der Waals surface area (Å²) >= 11 is 0. The minimum absolute atomic E-state index is 0.0892. The van der Waals surface area contributed by atoms with Crippen LogP contribution in [0.2, 0.25) is 0 Å². The van der Waals surface area contributed by atoms with Crippen molar-refractivity contribution in [3.63, 3.8) is 0 Å². The van der Waals surface area contributed by atoms with Gasteiger partial charge < -0.3 is 10.5 Å². The third-order valence-electron chi connectivity index (χ3n) is 3.36. The monoisotopic (exact) mass is 255 g/mol. The Bertz CT molecular complexity index is 519. The summed E-state index contributed by atoms with van der Waals surface area (Å²) in [6, 6.07) is 16.4. The summed E-state index contributed by atoms with van der Waals surface area (Å²) in [5.41, 5.74) is 9.53. The first-order valence-corrected chi connectivity index (χ1v) is 6.75. The maximum Gasteiger partial charge on any atom is 0.136 e. The molecule has 0 fully saturated rings. The standard InChI is InChI=1S/C17H21NO/c1-3-14-8-10-15(11-9-14)19-17(12-18)16-7-5-4-6-13(16)2/h4-11,17H,3,12,18H2,1-2H3. The Morgan fingerprint density at radius 1 is 1.05 bits per heavy atom. The van der Waals surface area contributed by atoms with E-state index in [0.717, 1.165) is 17.7 Å². The van der Waals surface area contributed by atoms with Gasteiger partial charge in [-0.2, -0.15) is 0 Å². The van der Waals surface area contributed by atoms with Crippen molar-refractivity contribution in [2.24, 2.45) is 5.73 Å². The summed E-state index contributed by atoms with van der Waals surface area (Å²) in [4.78, 5) is 0. The van der Waals surface area contributed by atoms with E-state index in [-0.39, 0.29) is 6.10 Å². The van der Waals surface area contributed by atoms with Gasteiger partial charge in [-0.15, -0.1) is 0 Å². The van der Waals surface area contributed by atoms with Crippen LogP contribution in [-0.4, -0.2) is 6.54 Å². The molecule has 0 heterocycles. The second-order valence-corrected chi connectivity index (χ2v) is 4.70. The van der Waals surface area contributed by atoms with Crippen molar-refractivity contribution in [1.82, 2.24) is 0 Å².